The normalized spacial score (nSPS) is 20.9. The molecule has 26 heavy (non-hydrogen) atoms. The van der Waals surface area contributed by atoms with Gasteiger partial charge in [-0.1, -0.05) is 44.2 Å². The molecule has 0 aromatic heterocycles. The third-order valence-corrected chi connectivity index (χ3v) is 6.71. The van der Waals surface area contributed by atoms with Gasteiger partial charge in [0.2, 0.25) is 0 Å². The molecule has 0 saturated carbocycles. The van der Waals surface area contributed by atoms with Crippen LogP contribution < -0.4 is 10.6 Å². The van der Waals surface area contributed by atoms with Crippen molar-refractivity contribution >= 4 is 15.8 Å². The average molecular weight is 381 g/mol. The van der Waals surface area contributed by atoms with E-state index in [1.54, 1.807) is 7.05 Å². The lowest BCUT2D eigenvalue weighted by atomic mass is 10.0. The van der Waals surface area contributed by atoms with Gasteiger partial charge in [0.15, 0.2) is 15.8 Å². The molecule has 0 bridgehead atoms. The summed E-state index contributed by atoms with van der Waals surface area (Å²) in [6.45, 7) is 7.09. The predicted molar refractivity (Wildman–Crippen MR) is 108 cm³/mol. The van der Waals surface area contributed by atoms with E-state index in [4.69, 9.17) is 0 Å². The van der Waals surface area contributed by atoms with Crippen molar-refractivity contribution in [3.8, 4) is 0 Å². The lowest BCUT2D eigenvalue weighted by Gasteiger charge is -2.31. The number of sulfone groups is 1. The van der Waals surface area contributed by atoms with Gasteiger partial charge in [0.05, 0.1) is 11.5 Å². The van der Waals surface area contributed by atoms with E-state index in [-0.39, 0.29) is 17.5 Å². The molecular formula is C19H32N4O2S. The summed E-state index contributed by atoms with van der Waals surface area (Å²) in [7, 11) is -1.17. The van der Waals surface area contributed by atoms with E-state index in [0.717, 1.165) is 26.1 Å². The Hall–Kier alpha value is -1.60. The van der Waals surface area contributed by atoms with Gasteiger partial charge in [0, 0.05) is 25.7 Å². The van der Waals surface area contributed by atoms with Gasteiger partial charge < -0.3 is 10.6 Å². The highest BCUT2D eigenvalue weighted by molar-refractivity contribution is 7.91. The number of aliphatic imine (C=N–C) groups is 1. The number of nitrogens with one attached hydrogen (secondary N) is 2. The second-order valence-corrected chi connectivity index (χ2v) is 8.99. The predicted octanol–water partition coefficient (Wildman–Crippen LogP) is 1.29. The lowest BCUT2D eigenvalue weighted by Crippen LogP contribution is -2.50. The van der Waals surface area contributed by atoms with E-state index in [9.17, 15) is 8.42 Å². The van der Waals surface area contributed by atoms with Crippen LogP contribution >= 0.6 is 0 Å². The molecule has 0 amide bonds. The second kappa shape index (κ2) is 9.92. The van der Waals surface area contributed by atoms with Crippen molar-refractivity contribution in [2.45, 2.75) is 38.8 Å². The van der Waals surface area contributed by atoms with Crippen molar-refractivity contribution < 1.29 is 8.42 Å². The van der Waals surface area contributed by atoms with Crippen LogP contribution in [0.15, 0.2) is 35.3 Å². The van der Waals surface area contributed by atoms with Crippen molar-refractivity contribution in [2.24, 2.45) is 4.99 Å². The van der Waals surface area contributed by atoms with Crippen LogP contribution in [-0.4, -0.2) is 69.5 Å². The van der Waals surface area contributed by atoms with Gasteiger partial charge in [-0.2, -0.15) is 0 Å². The summed E-state index contributed by atoms with van der Waals surface area (Å²) in [4.78, 5) is 6.71. The Morgan fingerprint density at radius 1 is 1.27 bits per heavy atom. The highest BCUT2D eigenvalue weighted by atomic mass is 32.2. The summed E-state index contributed by atoms with van der Waals surface area (Å²) < 4.78 is 23.3. The van der Waals surface area contributed by atoms with Crippen LogP contribution in [0.3, 0.4) is 0 Å². The van der Waals surface area contributed by atoms with Crippen LogP contribution in [0.4, 0.5) is 0 Å². The van der Waals surface area contributed by atoms with Gasteiger partial charge in [0.25, 0.3) is 0 Å². The van der Waals surface area contributed by atoms with E-state index in [1.807, 2.05) is 6.07 Å². The van der Waals surface area contributed by atoms with Crippen molar-refractivity contribution in [1.82, 2.24) is 15.5 Å². The minimum Gasteiger partial charge on any atom is -0.355 e. The number of hydrogen-bond donors (Lipinski definition) is 2. The smallest absolute Gasteiger partial charge is 0.191 e. The third kappa shape index (κ3) is 6.29. The van der Waals surface area contributed by atoms with E-state index in [0.29, 0.717) is 18.4 Å². The van der Waals surface area contributed by atoms with Gasteiger partial charge >= 0.3 is 0 Å². The molecule has 6 nitrogen and oxygen atoms in total. The lowest BCUT2D eigenvalue weighted by molar-refractivity contribution is 0.215. The largest absolute Gasteiger partial charge is 0.355 e. The number of nitrogens with zero attached hydrogens (tertiary/aromatic N) is 2. The minimum absolute atomic E-state index is 0.0489. The molecule has 146 valence electrons. The van der Waals surface area contributed by atoms with Crippen LogP contribution in [0.25, 0.3) is 0 Å². The molecule has 1 aromatic rings. The second-order valence-electron chi connectivity index (χ2n) is 6.76. The Balaban J connectivity index is 1.95. The first kappa shape index (κ1) is 20.7. The minimum atomic E-state index is -2.90. The zero-order valence-corrected chi connectivity index (χ0v) is 16.9. The topological polar surface area (TPSA) is 73.8 Å². The summed E-state index contributed by atoms with van der Waals surface area (Å²) in [5, 5.41) is 6.65. The zero-order chi connectivity index (χ0) is 19.0. The summed E-state index contributed by atoms with van der Waals surface area (Å²) in [5.74, 6) is 1.13. The van der Waals surface area contributed by atoms with E-state index < -0.39 is 9.84 Å². The van der Waals surface area contributed by atoms with Gasteiger partial charge in [-0.25, -0.2) is 8.42 Å². The average Bonchev–Trinajstić information content (AvgIpc) is 2.98. The molecule has 0 aliphatic carbocycles. The molecule has 1 aromatic carbocycles. The van der Waals surface area contributed by atoms with Gasteiger partial charge in [-0.15, -0.1) is 0 Å². The molecule has 2 rings (SSSR count). The van der Waals surface area contributed by atoms with Crippen LogP contribution in [0, 0.1) is 0 Å². The van der Waals surface area contributed by atoms with Crippen LogP contribution in [0.2, 0.25) is 0 Å². The van der Waals surface area contributed by atoms with Crippen molar-refractivity contribution in [3.63, 3.8) is 0 Å². The Bertz CT molecular complexity index is 672. The molecule has 0 spiro atoms. The molecule has 1 aliphatic heterocycles. The Labute approximate surface area is 158 Å². The van der Waals surface area contributed by atoms with Crippen molar-refractivity contribution in [1.29, 1.82) is 0 Å². The molecule has 2 unspecified atom stereocenters. The monoisotopic (exact) mass is 380 g/mol. The molecule has 1 saturated heterocycles. The van der Waals surface area contributed by atoms with E-state index in [2.05, 4.69) is 58.6 Å². The molecule has 1 aliphatic rings. The molecule has 7 heteroatoms. The fourth-order valence-electron chi connectivity index (χ4n) is 3.47. The maximum atomic E-state index is 11.6. The van der Waals surface area contributed by atoms with Crippen molar-refractivity contribution in [2.75, 3.05) is 38.2 Å². The molecule has 1 fully saturated rings. The summed E-state index contributed by atoms with van der Waals surface area (Å²) in [6, 6.07) is 10.8. The first-order valence-corrected chi connectivity index (χ1v) is 11.2. The van der Waals surface area contributed by atoms with Gasteiger partial charge in [0.1, 0.15) is 0 Å². The Morgan fingerprint density at radius 2 is 1.96 bits per heavy atom. The Morgan fingerprint density at radius 3 is 2.50 bits per heavy atom. The molecule has 2 N–H and O–H groups in total. The van der Waals surface area contributed by atoms with E-state index in [1.165, 1.54) is 5.56 Å². The number of benzene rings is 1. The molecule has 1 heterocycles. The highest BCUT2D eigenvalue weighted by Crippen LogP contribution is 2.11. The maximum absolute atomic E-state index is 11.6. The fourth-order valence-corrected chi connectivity index (χ4v) is 5.14. The van der Waals surface area contributed by atoms with Gasteiger partial charge in [-0.05, 0) is 31.5 Å². The number of rotatable bonds is 8. The van der Waals surface area contributed by atoms with E-state index >= 15 is 0 Å². The van der Waals surface area contributed by atoms with Crippen LogP contribution in [0.5, 0.6) is 0 Å². The third-order valence-electron chi connectivity index (χ3n) is 4.94. The number of likely N-dealkylation sites (N-methyl/N-ethyl adjacent to an activating group) is 1. The standard InChI is InChI=1S/C19H32N4O2S/c1-4-23(5-2)18(13-16-9-7-6-8-10-16)14-21-19(20-3)22-17-11-12-26(24,25)15-17/h6-10,17-18H,4-5,11-15H2,1-3H3,(H2,20,21,22). The first-order chi connectivity index (χ1) is 12.5. The quantitative estimate of drug-likeness (QED) is 0.525. The number of guanidine groups is 1. The number of hydrogen-bond acceptors (Lipinski definition) is 4. The van der Waals surface area contributed by atoms with Crippen LogP contribution in [0.1, 0.15) is 25.8 Å². The SMILES string of the molecule is CCN(CC)C(CNC(=NC)NC1CCS(=O)(=O)C1)Cc1ccccc1. The Kier molecular flexibility index (Phi) is 7.90. The first-order valence-electron chi connectivity index (χ1n) is 9.43. The van der Waals surface area contributed by atoms with Gasteiger partial charge in [-0.3, -0.25) is 9.89 Å². The fraction of sp³-hybridized carbons (Fsp3) is 0.632. The summed E-state index contributed by atoms with van der Waals surface area (Å²) in [6.07, 6.45) is 1.61. The molecule has 2 atom stereocenters. The molecular weight excluding hydrogens is 348 g/mol. The van der Waals surface area contributed by atoms with Crippen molar-refractivity contribution in [3.05, 3.63) is 35.9 Å². The maximum Gasteiger partial charge on any atom is 0.191 e. The molecule has 0 radical (unpaired) electrons. The zero-order valence-electron chi connectivity index (χ0n) is 16.1. The summed E-state index contributed by atoms with van der Waals surface area (Å²) in [5.41, 5.74) is 1.32. The highest BCUT2D eigenvalue weighted by Gasteiger charge is 2.28. The summed E-state index contributed by atoms with van der Waals surface area (Å²) >= 11 is 0. The van der Waals surface area contributed by atoms with Crippen LogP contribution in [-0.2, 0) is 16.3 Å².